The van der Waals surface area contributed by atoms with Crippen LogP contribution in [0.5, 0.6) is 11.5 Å². The van der Waals surface area contributed by atoms with E-state index in [-0.39, 0.29) is 12.4 Å². The number of benzene rings is 4. The Labute approximate surface area is 192 Å². The summed E-state index contributed by atoms with van der Waals surface area (Å²) >= 11 is 6.17. The summed E-state index contributed by atoms with van der Waals surface area (Å²) in [7, 11) is 1.69. The summed E-state index contributed by atoms with van der Waals surface area (Å²) < 4.78 is 24.9. The maximum absolute atomic E-state index is 13.4. The fourth-order valence-corrected chi connectivity index (χ4v) is 4.00. The minimum atomic E-state index is -0.357. The van der Waals surface area contributed by atoms with Gasteiger partial charge in [0.25, 0.3) is 0 Å². The predicted octanol–water partition coefficient (Wildman–Crippen LogP) is 6.55. The van der Waals surface area contributed by atoms with Gasteiger partial charge in [-0.1, -0.05) is 66.2 Å². The number of halogens is 2. The number of ether oxygens (including phenoxy) is 2. The third-order valence-corrected chi connectivity index (χ3v) is 5.81. The van der Waals surface area contributed by atoms with Crippen LogP contribution in [-0.2, 0) is 19.6 Å². The van der Waals surface area contributed by atoms with Gasteiger partial charge >= 0.3 is 0 Å². The van der Waals surface area contributed by atoms with Crippen LogP contribution in [0.4, 0.5) is 4.39 Å². The molecule has 0 amide bonds. The minimum absolute atomic E-state index is 0.270. The summed E-state index contributed by atoms with van der Waals surface area (Å²) in [6, 6.07) is 24.7. The summed E-state index contributed by atoms with van der Waals surface area (Å²) in [5, 5.41) is 6.20. The average Bonchev–Trinajstić information content (AvgIpc) is 2.82. The van der Waals surface area contributed by atoms with Crippen molar-refractivity contribution in [3.63, 3.8) is 0 Å². The number of para-hydroxylation sites is 1. The molecule has 164 valence electrons. The summed E-state index contributed by atoms with van der Waals surface area (Å²) in [5.74, 6) is 1.33. The number of methoxy groups -OCH3 is 1. The molecule has 0 aliphatic carbocycles. The van der Waals surface area contributed by atoms with E-state index in [9.17, 15) is 4.39 Å². The van der Waals surface area contributed by atoms with Gasteiger partial charge in [0.15, 0.2) is 0 Å². The van der Waals surface area contributed by atoms with E-state index in [0.717, 1.165) is 46.4 Å². The van der Waals surface area contributed by atoms with Crippen molar-refractivity contribution in [2.24, 2.45) is 0 Å². The molecule has 0 saturated heterocycles. The zero-order valence-electron chi connectivity index (χ0n) is 17.9. The first-order valence-electron chi connectivity index (χ1n) is 10.6. The van der Waals surface area contributed by atoms with Crippen molar-refractivity contribution in [2.75, 3.05) is 13.7 Å². The SMILES string of the molecule is COc1ccccc1CCNCc1c(OCc2ccc(F)cc2Cl)ccc2ccccc12. The van der Waals surface area contributed by atoms with E-state index in [1.165, 1.54) is 17.7 Å². The number of hydrogen-bond donors (Lipinski definition) is 1. The van der Waals surface area contributed by atoms with E-state index in [0.29, 0.717) is 11.6 Å². The van der Waals surface area contributed by atoms with Gasteiger partial charge in [0.05, 0.1) is 12.1 Å². The smallest absolute Gasteiger partial charge is 0.124 e. The molecule has 3 nitrogen and oxygen atoms in total. The van der Waals surface area contributed by atoms with Crippen molar-refractivity contribution < 1.29 is 13.9 Å². The molecular formula is C27H25ClFNO2. The van der Waals surface area contributed by atoms with Crippen LogP contribution in [0.2, 0.25) is 5.02 Å². The van der Waals surface area contributed by atoms with E-state index in [2.05, 4.69) is 29.6 Å². The average molecular weight is 450 g/mol. The lowest BCUT2D eigenvalue weighted by Crippen LogP contribution is -2.18. The second-order valence-electron chi connectivity index (χ2n) is 7.53. The molecule has 0 radical (unpaired) electrons. The van der Waals surface area contributed by atoms with E-state index >= 15 is 0 Å². The Bertz CT molecular complexity index is 1210. The molecule has 0 aromatic heterocycles. The van der Waals surface area contributed by atoms with E-state index in [4.69, 9.17) is 21.1 Å². The van der Waals surface area contributed by atoms with Crippen molar-refractivity contribution in [3.05, 3.63) is 106 Å². The lowest BCUT2D eigenvalue weighted by atomic mass is 10.0. The third-order valence-electron chi connectivity index (χ3n) is 5.46. The molecule has 4 aromatic carbocycles. The highest BCUT2D eigenvalue weighted by molar-refractivity contribution is 6.31. The first-order valence-corrected chi connectivity index (χ1v) is 10.9. The molecule has 0 aliphatic rings. The van der Waals surface area contributed by atoms with Gasteiger partial charge < -0.3 is 14.8 Å². The maximum atomic E-state index is 13.4. The van der Waals surface area contributed by atoms with Crippen molar-refractivity contribution in [1.29, 1.82) is 0 Å². The highest BCUT2D eigenvalue weighted by Crippen LogP contribution is 2.29. The van der Waals surface area contributed by atoms with Gasteiger partial charge in [0.2, 0.25) is 0 Å². The molecule has 0 saturated carbocycles. The highest BCUT2D eigenvalue weighted by Gasteiger charge is 2.11. The first-order chi connectivity index (χ1) is 15.7. The van der Waals surface area contributed by atoms with E-state index in [1.54, 1.807) is 13.2 Å². The number of rotatable bonds is 9. The van der Waals surface area contributed by atoms with Crippen LogP contribution in [-0.4, -0.2) is 13.7 Å². The Morgan fingerprint density at radius 3 is 2.53 bits per heavy atom. The predicted molar refractivity (Wildman–Crippen MR) is 128 cm³/mol. The summed E-state index contributed by atoms with van der Waals surface area (Å²) in [5.41, 5.74) is 3.00. The van der Waals surface area contributed by atoms with Gasteiger partial charge in [-0.2, -0.15) is 0 Å². The van der Waals surface area contributed by atoms with Gasteiger partial charge in [-0.05, 0) is 53.6 Å². The molecule has 0 bridgehead atoms. The van der Waals surface area contributed by atoms with Crippen molar-refractivity contribution >= 4 is 22.4 Å². The van der Waals surface area contributed by atoms with Crippen molar-refractivity contribution in [2.45, 2.75) is 19.6 Å². The largest absolute Gasteiger partial charge is 0.496 e. The summed E-state index contributed by atoms with van der Waals surface area (Å²) in [6.45, 7) is 1.72. The Balaban J connectivity index is 1.49. The fourth-order valence-electron chi connectivity index (χ4n) is 3.77. The summed E-state index contributed by atoms with van der Waals surface area (Å²) in [4.78, 5) is 0. The second-order valence-corrected chi connectivity index (χ2v) is 7.93. The summed E-state index contributed by atoms with van der Waals surface area (Å²) in [6.07, 6.45) is 0.857. The van der Waals surface area contributed by atoms with E-state index < -0.39 is 0 Å². The Morgan fingerprint density at radius 2 is 1.69 bits per heavy atom. The maximum Gasteiger partial charge on any atom is 0.124 e. The second kappa shape index (κ2) is 10.5. The Hall–Kier alpha value is -3.08. The fraction of sp³-hybridized carbons (Fsp3) is 0.185. The quantitative estimate of drug-likeness (QED) is 0.294. The third kappa shape index (κ3) is 5.21. The van der Waals surface area contributed by atoms with E-state index in [1.807, 2.05) is 36.4 Å². The van der Waals surface area contributed by atoms with Gasteiger partial charge in [-0.25, -0.2) is 4.39 Å². The van der Waals surface area contributed by atoms with Crippen LogP contribution in [0.25, 0.3) is 10.8 Å². The van der Waals surface area contributed by atoms with Crippen LogP contribution in [0.3, 0.4) is 0 Å². The molecule has 0 heterocycles. The van der Waals surface area contributed by atoms with Gasteiger partial charge in [0, 0.05) is 17.7 Å². The minimum Gasteiger partial charge on any atom is -0.496 e. The number of nitrogens with one attached hydrogen (secondary N) is 1. The van der Waals surface area contributed by atoms with Crippen LogP contribution in [0, 0.1) is 5.82 Å². The number of hydrogen-bond acceptors (Lipinski definition) is 3. The molecule has 4 aromatic rings. The van der Waals surface area contributed by atoms with Gasteiger partial charge in [-0.15, -0.1) is 0 Å². The molecule has 0 fully saturated rings. The molecular weight excluding hydrogens is 425 g/mol. The topological polar surface area (TPSA) is 30.5 Å². The molecule has 0 spiro atoms. The monoisotopic (exact) mass is 449 g/mol. The molecule has 5 heteroatoms. The van der Waals surface area contributed by atoms with Crippen LogP contribution in [0.15, 0.2) is 78.9 Å². The lowest BCUT2D eigenvalue weighted by molar-refractivity contribution is 0.302. The zero-order valence-corrected chi connectivity index (χ0v) is 18.7. The molecule has 0 atom stereocenters. The Morgan fingerprint density at radius 1 is 0.875 bits per heavy atom. The zero-order chi connectivity index (χ0) is 22.3. The molecule has 1 N–H and O–H groups in total. The standard InChI is InChI=1S/C27H25ClFNO2/c1-31-26-9-5-3-7-20(26)14-15-30-17-24-23-8-4-2-6-19(23)11-13-27(24)32-18-21-10-12-22(29)16-25(21)28/h2-13,16,30H,14-15,17-18H2,1H3. The molecule has 32 heavy (non-hydrogen) atoms. The highest BCUT2D eigenvalue weighted by atomic mass is 35.5. The van der Waals surface area contributed by atoms with Gasteiger partial charge in [-0.3, -0.25) is 0 Å². The molecule has 0 unspecified atom stereocenters. The van der Waals surface area contributed by atoms with Crippen molar-refractivity contribution in [1.82, 2.24) is 5.32 Å². The van der Waals surface area contributed by atoms with Gasteiger partial charge in [0.1, 0.15) is 23.9 Å². The van der Waals surface area contributed by atoms with Crippen LogP contribution < -0.4 is 14.8 Å². The van der Waals surface area contributed by atoms with Crippen molar-refractivity contribution in [3.8, 4) is 11.5 Å². The molecule has 4 rings (SSSR count). The molecule has 0 aliphatic heterocycles. The van der Waals surface area contributed by atoms with Crippen LogP contribution >= 0.6 is 11.6 Å². The lowest BCUT2D eigenvalue weighted by Gasteiger charge is -2.16. The number of fused-ring (bicyclic) bond motifs is 1. The normalized spacial score (nSPS) is 11.0. The first kappa shape index (κ1) is 22.1. The Kier molecular flexibility index (Phi) is 7.25. The van der Waals surface area contributed by atoms with Crippen LogP contribution in [0.1, 0.15) is 16.7 Å².